The number of esters is 3. The number of allylic oxidation sites excluding steroid dienone is 20. The molecule has 0 rings (SSSR count). The summed E-state index contributed by atoms with van der Waals surface area (Å²) in [6.07, 6.45) is 84.8. The van der Waals surface area contributed by atoms with E-state index in [9.17, 15) is 14.4 Å². The van der Waals surface area contributed by atoms with Gasteiger partial charge in [0.1, 0.15) is 13.2 Å². The second-order valence-corrected chi connectivity index (χ2v) is 19.8. The molecule has 0 fully saturated rings. The quantitative estimate of drug-likeness (QED) is 0.0261. The summed E-state index contributed by atoms with van der Waals surface area (Å²) < 4.78 is 16.9. The van der Waals surface area contributed by atoms with Gasteiger partial charge in [0.05, 0.1) is 0 Å². The number of hydrogen-bond donors (Lipinski definition) is 0. The van der Waals surface area contributed by atoms with Crippen molar-refractivity contribution in [1.29, 1.82) is 0 Å². The molecule has 0 saturated heterocycles. The van der Waals surface area contributed by atoms with Gasteiger partial charge >= 0.3 is 17.9 Å². The van der Waals surface area contributed by atoms with Gasteiger partial charge in [0, 0.05) is 19.3 Å². The van der Waals surface area contributed by atoms with Crippen LogP contribution in [0.4, 0.5) is 0 Å². The Labute approximate surface area is 456 Å². The van der Waals surface area contributed by atoms with Gasteiger partial charge in [-0.25, -0.2) is 0 Å². The summed E-state index contributed by atoms with van der Waals surface area (Å²) in [7, 11) is 0. The maximum absolute atomic E-state index is 12.9. The molecule has 6 nitrogen and oxygen atoms in total. The van der Waals surface area contributed by atoms with Gasteiger partial charge < -0.3 is 14.2 Å². The normalized spacial score (nSPS) is 13.0. The second kappa shape index (κ2) is 61.4. The zero-order valence-corrected chi connectivity index (χ0v) is 48.1. The van der Waals surface area contributed by atoms with Gasteiger partial charge in [0.15, 0.2) is 6.10 Å². The van der Waals surface area contributed by atoms with Crippen molar-refractivity contribution < 1.29 is 28.6 Å². The molecule has 6 heteroatoms. The van der Waals surface area contributed by atoms with Gasteiger partial charge in [-0.15, -0.1) is 0 Å². The van der Waals surface area contributed by atoms with Gasteiger partial charge in [0.25, 0.3) is 0 Å². The standard InChI is InChI=1S/C68H112O6/c1-4-7-10-13-16-19-22-25-28-30-32-33-34-35-36-38-40-43-46-49-52-55-58-61-67(70)73-64-65(63-72-66(69)60-57-54-51-48-45-42-39-27-24-21-18-15-12-9-6-3)74-68(71)62-59-56-53-50-47-44-41-37-31-29-26-23-20-17-14-11-8-5-2/h7,9-10,12,16,18-19,21,25,27-29,31-33,35-36,39,45,48,65H,4-6,8,11,13-15,17,20,22-24,26,30,34,37-38,40-44,46-47,49-64H2,1-3H3/b10-7-,12-9-,19-16-,21-18-,28-25-,31-29-,33-32-,36-35-,39-27-,48-45-. The van der Waals surface area contributed by atoms with Crippen LogP contribution in [0.1, 0.15) is 271 Å². The van der Waals surface area contributed by atoms with Crippen molar-refractivity contribution in [1.82, 2.24) is 0 Å². The molecule has 0 aliphatic rings. The lowest BCUT2D eigenvalue weighted by atomic mass is 10.1. The van der Waals surface area contributed by atoms with E-state index in [1.807, 2.05) is 0 Å². The summed E-state index contributed by atoms with van der Waals surface area (Å²) in [6, 6.07) is 0. The van der Waals surface area contributed by atoms with Gasteiger partial charge in [-0.05, 0) is 128 Å². The predicted octanol–water partition coefficient (Wildman–Crippen LogP) is 20.8. The van der Waals surface area contributed by atoms with Crippen molar-refractivity contribution in [3.05, 3.63) is 122 Å². The Balaban J connectivity index is 4.45. The smallest absolute Gasteiger partial charge is 0.306 e. The van der Waals surface area contributed by atoms with Crippen LogP contribution >= 0.6 is 0 Å². The SMILES string of the molecule is CC/C=C\C/C=C\C/C=C\C/C=C\C/C=C\CCCCCCCCCC(=O)OCC(COC(=O)CCCC/C=C\C/C=C\C/C=C\C/C=C\CC)OC(=O)CCCCCCCCC/C=C\CCCCCCCCC. The van der Waals surface area contributed by atoms with Crippen molar-refractivity contribution >= 4 is 17.9 Å². The van der Waals surface area contributed by atoms with Crippen LogP contribution in [0.25, 0.3) is 0 Å². The molecule has 0 radical (unpaired) electrons. The van der Waals surface area contributed by atoms with Crippen LogP contribution in [0.15, 0.2) is 122 Å². The molecule has 1 atom stereocenters. The molecular formula is C68H112O6. The number of rotatable bonds is 54. The van der Waals surface area contributed by atoms with Gasteiger partial charge in [-0.2, -0.15) is 0 Å². The molecule has 420 valence electrons. The predicted molar refractivity (Wildman–Crippen MR) is 320 cm³/mol. The third-order valence-corrected chi connectivity index (χ3v) is 12.7. The van der Waals surface area contributed by atoms with E-state index in [4.69, 9.17) is 14.2 Å². The first-order valence-electron chi connectivity index (χ1n) is 30.5. The average molecular weight is 1030 g/mol. The Morgan fingerprint density at radius 3 is 0.865 bits per heavy atom. The number of ether oxygens (including phenoxy) is 3. The summed E-state index contributed by atoms with van der Waals surface area (Å²) in [5.41, 5.74) is 0. The van der Waals surface area contributed by atoms with Crippen LogP contribution < -0.4 is 0 Å². The fourth-order valence-electron chi connectivity index (χ4n) is 8.16. The molecule has 74 heavy (non-hydrogen) atoms. The summed E-state index contributed by atoms with van der Waals surface area (Å²) in [6.45, 7) is 6.37. The maximum atomic E-state index is 12.9. The Hall–Kier alpha value is -4.19. The summed E-state index contributed by atoms with van der Waals surface area (Å²) in [5, 5.41) is 0. The van der Waals surface area contributed by atoms with Crippen LogP contribution in [0.5, 0.6) is 0 Å². The Kier molecular flexibility index (Phi) is 57.9. The molecule has 0 amide bonds. The molecule has 0 aromatic heterocycles. The second-order valence-electron chi connectivity index (χ2n) is 19.8. The van der Waals surface area contributed by atoms with Gasteiger partial charge in [-0.1, -0.05) is 245 Å². The van der Waals surface area contributed by atoms with Gasteiger partial charge in [0.2, 0.25) is 0 Å². The average Bonchev–Trinajstić information content (AvgIpc) is 3.40. The minimum absolute atomic E-state index is 0.101. The van der Waals surface area contributed by atoms with E-state index in [1.54, 1.807) is 0 Å². The lowest BCUT2D eigenvalue weighted by Crippen LogP contribution is -2.30. The molecule has 0 bridgehead atoms. The van der Waals surface area contributed by atoms with E-state index in [1.165, 1.54) is 109 Å². The van der Waals surface area contributed by atoms with Crippen LogP contribution in [-0.4, -0.2) is 37.2 Å². The minimum atomic E-state index is -0.806. The highest BCUT2D eigenvalue weighted by atomic mass is 16.6. The molecule has 0 aliphatic heterocycles. The van der Waals surface area contributed by atoms with E-state index in [0.29, 0.717) is 19.3 Å². The van der Waals surface area contributed by atoms with E-state index in [0.717, 1.165) is 122 Å². The Morgan fingerprint density at radius 2 is 0.527 bits per heavy atom. The van der Waals surface area contributed by atoms with Crippen LogP contribution in [0, 0.1) is 0 Å². The highest BCUT2D eigenvalue weighted by Crippen LogP contribution is 2.15. The summed E-state index contributed by atoms with van der Waals surface area (Å²) in [4.78, 5) is 38.3. The maximum Gasteiger partial charge on any atom is 0.306 e. The van der Waals surface area contributed by atoms with Crippen molar-refractivity contribution in [2.75, 3.05) is 13.2 Å². The van der Waals surface area contributed by atoms with Crippen LogP contribution in [0.3, 0.4) is 0 Å². The lowest BCUT2D eigenvalue weighted by molar-refractivity contribution is -0.167. The molecular weight excluding hydrogens is 913 g/mol. The van der Waals surface area contributed by atoms with E-state index < -0.39 is 6.10 Å². The number of unbranched alkanes of at least 4 members (excludes halogenated alkanes) is 23. The molecule has 0 heterocycles. The van der Waals surface area contributed by atoms with Crippen LogP contribution in [0.2, 0.25) is 0 Å². The topological polar surface area (TPSA) is 78.9 Å². The molecule has 0 N–H and O–H groups in total. The van der Waals surface area contributed by atoms with Gasteiger partial charge in [-0.3, -0.25) is 14.4 Å². The molecule has 0 saturated carbocycles. The number of carbonyl (C=O) groups excluding carboxylic acids is 3. The number of hydrogen-bond acceptors (Lipinski definition) is 6. The highest BCUT2D eigenvalue weighted by molar-refractivity contribution is 5.71. The fraction of sp³-hybridized carbons (Fsp3) is 0.662. The first-order valence-corrected chi connectivity index (χ1v) is 30.5. The fourth-order valence-corrected chi connectivity index (χ4v) is 8.16. The number of carbonyl (C=O) groups is 3. The molecule has 0 aromatic carbocycles. The zero-order chi connectivity index (χ0) is 53.6. The minimum Gasteiger partial charge on any atom is -0.462 e. The Morgan fingerprint density at radius 1 is 0.284 bits per heavy atom. The van der Waals surface area contributed by atoms with Crippen molar-refractivity contribution in [2.45, 2.75) is 277 Å². The van der Waals surface area contributed by atoms with E-state index >= 15 is 0 Å². The lowest BCUT2D eigenvalue weighted by Gasteiger charge is -2.18. The Bertz CT molecular complexity index is 1550. The first kappa shape index (κ1) is 69.8. The third kappa shape index (κ3) is 58.7. The molecule has 0 spiro atoms. The third-order valence-electron chi connectivity index (χ3n) is 12.7. The van der Waals surface area contributed by atoms with Crippen molar-refractivity contribution in [3.63, 3.8) is 0 Å². The zero-order valence-electron chi connectivity index (χ0n) is 48.1. The molecule has 1 unspecified atom stereocenters. The summed E-state index contributed by atoms with van der Waals surface area (Å²) in [5.74, 6) is -0.956. The first-order chi connectivity index (χ1) is 36.5. The molecule has 0 aliphatic carbocycles. The monoisotopic (exact) mass is 1020 g/mol. The van der Waals surface area contributed by atoms with E-state index in [2.05, 4.69) is 142 Å². The largest absolute Gasteiger partial charge is 0.462 e. The summed E-state index contributed by atoms with van der Waals surface area (Å²) >= 11 is 0. The molecule has 0 aromatic rings. The van der Waals surface area contributed by atoms with Crippen LogP contribution in [-0.2, 0) is 28.6 Å². The van der Waals surface area contributed by atoms with Crippen molar-refractivity contribution in [3.8, 4) is 0 Å². The highest BCUT2D eigenvalue weighted by Gasteiger charge is 2.19. The van der Waals surface area contributed by atoms with Crippen molar-refractivity contribution in [2.24, 2.45) is 0 Å². The van der Waals surface area contributed by atoms with E-state index in [-0.39, 0.29) is 31.1 Å².